The predicted molar refractivity (Wildman–Crippen MR) is 96.0 cm³/mol. The number of benzene rings is 2. The van der Waals surface area contributed by atoms with Crippen molar-refractivity contribution in [3.05, 3.63) is 48.0 Å². The van der Waals surface area contributed by atoms with E-state index >= 15 is 0 Å². The second-order valence-corrected chi connectivity index (χ2v) is 7.05. The summed E-state index contributed by atoms with van der Waals surface area (Å²) < 4.78 is 32.4. The van der Waals surface area contributed by atoms with Gasteiger partial charge in [0.1, 0.15) is 17.1 Å². The molecule has 0 saturated carbocycles. The van der Waals surface area contributed by atoms with Gasteiger partial charge in [0.25, 0.3) is 5.91 Å². The summed E-state index contributed by atoms with van der Waals surface area (Å²) in [6.45, 7) is 1.35. The number of ether oxygens (including phenoxy) is 2. The first-order valence-electron chi connectivity index (χ1n) is 7.63. The fraction of sp³-hybridized carbons (Fsp3) is 0.176. The van der Waals surface area contributed by atoms with Crippen LogP contribution in [0.5, 0.6) is 11.5 Å². The van der Waals surface area contributed by atoms with Crippen molar-refractivity contribution in [2.24, 2.45) is 5.14 Å². The second kappa shape index (κ2) is 8.06. The standard InChI is InChI=1S/C17H18N2O7S/c1-10(26-17(22)14-9-12(25-2)5-8-15(14)20)16(21)19-11-3-6-13(7-4-11)27(18,23)24/h3-10,20H,1-2H3,(H,19,21)(H2,18,23,24). The van der Waals surface area contributed by atoms with Gasteiger partial charge in [-0.25, -0.2) is 18.4 Å². The molecule has 0 bridgehead atoms. The highest BCUT2D eigenvalue weighted by molar-refractivity contribution is 7.89. The maximum Gasteiger partial charge on any atom is 0.342 e. The van der Waals surface area contributed by atoms with Crippen molar-refractivity contribution in [3.8, 4) is 11.5 Å². The van der Waals surface area contributed by atoms with E-state index in [1.807, 2.05) is 0 Å². The van der Waals surface area contributed by atoms with E-state index in [-0.39, 0.29) is 16.2 Å². The van der Waals surface area contributed by atoms with Gasteiger partial charge in [-0.3, -0.25) is 4.79 Å². The van der Waals surface area contributed by atoms with Crippen LogP contribution in [0.2, 0.25) is 0 Å². The summed E-state index contributed by atoms with van der Waals surface area (Å²) in [5, 5.41) is 17.2. The third-order valence-electron chi connectivity index (χ3n) is 3.53. The lowest BCUT2D eigenvalue weighted by Gasteiger charge is -2.14. The van der Waals surface area contributed by atoms with Crippen molar-refractivity contribution in [2.45, 2.75) is 17.9 Å². The van der Waals surface area contributed by atoms with E-state index in [9.17, 15) is 23.1 Å². The summed E-state index contributed by atoms with van der Waals surface area (Å²) in [4.78, 5) is 24.2. The molecule has 27 heavy (non-hydrogen) atoms. The number of esters is 1. The first-order valence-corrected chi connectivity index (χ1v) is 9.18. The summed E-state index contributed by atoms with van der Waals surface area (Å²) >= 11 is 0. The molecule has 1 atom stereocenters. The normalized spacial score (nSPS) is 12.1. The number of nitrogens with one attached hydrogen (secondary N) is 1. The molecule has 0 spiro atoms. The van der Waals surface area contributed by atoms with Crippen LogP contribution in [0.15, 0.2) is 47.4 Å². The number of carbonyl (C=O) groups excluding carboxylic acids is 2. The van der Waals surface area contributed by atoms with Gasteiger partial charge >= 0.3 is 5.97 Å². The van der Waals surface area contributed by atoms with Gasteiger partial charge in [0.15, 0.2) is 6.10 Å². The van der Waals surface area contributed by atoms with Crippen LogP contribution >= 0.6 is 0 Å². The summed E-state index contributed by atoms with van der Waals surface area (Å²) in [5.74, 6) is -1.52. The summed E-state index contributed by atoms with van der Waals surface area (Å²) in [7, 11) is -2.44. The molecule has 10 heteroatoms. The average molecular weight is 394 g/mol. The molecule has 9 nitrogen and oxygen atoms in total. The Balaban J connectivity index is 2.04. The Morgan fingerprint density at radius 3 is 2.33 bits per heavy atom. The molecule has 0 aliphatic carbocycles. The molecule has 4 N–H and O–H groups in total. The molecule has 2 aromatic rings. The van der Waals surface area contributed by atoms with E-state index in [0.29, 0.717) is 11.4 Å². The average Bonchev–Trinajstić information content (AvgIpc) is 2.61. The fourth-order valence-electron chi connectivity index (χ4n) is 2.06. The number of sulfonamides is 1. The van der Waals surface area contributed by atoms with Crippen LogP contribution in [-0.2, 0) is 19.6 Å². The highest BCUT2D eigenvalue weighted by Crippen LogP contribution is 2.24. The molecule has 0 saturated heterocycles. The lowest BCUT2D eigenvalue weighted by atomic mass is 10.2. The number of phenols is 1. The van der Waals surface area contributed by atoms with Gasteiger partial charge in [0.05, 0.1) is 12.0 Å². The van der Waals surface area contributed by atoms with E-state index in [4.69, 9.17) is 14.6 Å². The minimum absolute atomic E-state index is 0.103. The lowest BCUT2D eigenvalue weighted by molar-refractivity contribution is -0.123. The summed E-state index contributed by atoms with van der Waals surface area (Å²) in [6, 6.07) is 9.18. The van der Waals surface area contributed by atoms with Gasteiger partial charge in [0, 0.05) is 5.69 Å². The molecule has 0 fully saturated rings. The van der Waals surface area contributed by atoms with Crippen LogP contribution in [-0.4, -0.2) is 38.6 Å². The number of carbonyl (C=O) groups is 2. The number of primary sulfonamides is 1. The van der Waals surface area contributed by atoms with Crippen molar-refractivity contribution in [1.82, 2.24) is 0 Å². The Labute approximate surface area is 155 Å². The van der Waals surface area contributed by atoms with Crippen molar-refractivity contribution < 1.29 is 32.6 Å². The maximum absolute atomic E-state index is 12.2. The molecule has 0 aliphatic heterocycles. The zero-order valence-corrected chi connectivity index (χ0v) is 15.3. The molecule has 0 heterocycles. The van der Waals surface area contributed by atoms with Crippen molar-refractivity contribution in [2.75, 3.05) is 12.4 Å². The highest BCUT2D eigenvalue weighted by atomic mass is 32.2. The van der Waals surface area contributed by atoms with Gasteiger partial charge in [0.2, 0.25) is 10.0 Å². The van der Waals surface area contributed by atoms with Crippen LogP contribution in [0.4, 0.5) is 5.69 Å². The third-order valence-corrected chi connectivity index (χ3v) is 4.46. The molecular weight excluding hydrogens is 376 g/mol. The number of aromatic hydroxyl groups is 1. The Kier molecular flexibility index (Phi) is 6.03. The first kappa shape index (κ1) is 20.2. The number of rotatable bonds is 6. The van der Waals surface area contributed by atoms with Crippen LogP contribution < -0.4 is 15.2 Å². The predicted octanol–water partition coefficient (Wildman–Crippen LogP) is 1.23. The third kappa shape index (κ3) is 5.19. The quantitative estimate of drug-likeness (QED) is 0.625. The minimum Gasteiger partial charge on any atom is -0.507 e. The van der Waals surface area contributed by atoms with Crippen LogP contribution in [0.1, 0.15) is 17.3 Å². The molecule has 0 aromatic heterocycles. The highest BCUT2D eigenvalue weighted by Gasteiger charge is 2.22. The Morgan fingerprint density at radius 1 is 1.15 bits per heavy atom. The topological polar surface area (TPSA) is 145 Å². The number of hydrogen-bond acceptors (Lipinski definition) is 7. The monoisotopic (exact) mass is 394 g/mol. The molecule has 0 radical (unpaired) electrons. The molecule has 2 aromatic carbocycles. The van der Waals surface area contributed by atoms with Gasteiger partial charge in [-0.15, -0.1) is 0 Å². The summed E-state index contributed by atoms with van der Waals surface area (Å²) in [5.41, 5.74) is 0.144. The van der Waals surface area contributed by atoms with E-state index in [2.05, 4.69) is 5.32 Å². The van der Waals surface area contributed by atoms with E-state index in [1.54, 1.807) is 0 Å². The molecule has 2 rings (SSSR count). The number of amides is 1. The zero-order chi connectivity index (χ0) is 20.2. The van der Waals surface area contributed by atoms with Crippen molar-refractivity contribution in [1.29, 1.82) is 0 Å². The Morgan fingerprint density at radius 2 is 1.78 bits per heavy atom. The largest absolute Gasteiger partial charge is 0.507 e. The van der Waals surface area contributed by atoms with Crippen molar-refractivity contribution >= 4 is 27.6 Å². The maximum atomic E-state index is 12.2. The number of nitrogens with two attached hydrogens (primary N) is 1. The number of phenolic OH excluding ortho intramolecular Hbond substituents is 1. The first-order chi connectivity index (χ1) is 12.6. The zero-order valence-electron chi connectivity index (χ0n) is 14.5. The van der Waals surface area contributed by atoms with Crippen LogP contribution in [0, 0.1) is 0 Å². The smallest absolute Gasteiger partial charge is 0.342 e. The molecule has 0 aliphatic rings. The SMILES string of the molecule is COc1ccc(O)c(C(=O)OC(C)C(=O)Nc2ccc(S(N)(=O)=O)cc2)c1. The number of methoxy groups -OCH3 is 1. The second-order valence-electron chi connectivity index (χ2n) is 5.49. The van der Waals surface area contributed by atoms with Gasteiger partial charge in [-0.2, -0.15) is 0 Å². The minimum atomic E-state index is -3.84. The van der Waals surface area contributed by atoms with E-state index in [0.717, 1.165) is 0 Å². The van der Waals surface area contributed by atoms with Gasteiger partial charge < -0.3 is 19.9 Å². The molecule has 1 amide bonds. The fourth-order valence-corrected chi connectivity index (χ4v) is 2.57. The van der Waals surface area contributed by atoms with E-state index in [1.165, 1.54) is 56.5 Å². The summed E-state index contributed by atoms with van der Waals surface area (Å²) in [6.07, 6.45) is -1.18. The molecule has 144 valence electrons. The van der Waals surface area contributed by atoms with Crippen LogP contribution in [0.3, 0.4) is 0 Å². The van der Waals surface area contributed by atoms with Crippen molar-refractivity contribution in [3.63, 3.8) is 0 Å². The Hall–Kier alpha value is -3.11. The van der Waals surface area contributed by atoms with Gasteiger partial charge in [-0.05, 0) is 49.4 Å². The van der Waals surface area contributed by atoms with E-state index < -0.39 is 28.0 Å². The Bertz CT molecular complexity index is 956. The number of anilines is 1. The molecule has 1 unspecified atom stereocenters. The lowest BCUT2D eigenvalue weighted by Crippen LogP contribution is -2.30. The van der Waals surface area contributed by atoms with Gasteiger partial charge in [-0.1, -0.05) is 0 Å². The number of hydrogen-bond donors (Lipinski definition) is 3. The molecular formula is C17H18N2O7S. The van der Waals surface area contributed by atoms with Crippen LogP contribution in [0.25, 0.3) is 0 Å².